The quantitative estimate of drug-likeness (QED) is 0.747. The van der Waals surface area contributed by atoms with E-state index in [-0.39, 0.29) is 11.3 Å². The SMILES string of the molecule is CC(C)COc1cc(CCC(C)(C)N2Cc3ccccc3C2)ccc1O. The standard InChI is InChI=1S/C23H31NO2/c1-17(2)16-26-22-13-18(9-10-21(22)25)11-12-23(3,4)24-14-19-7-5-6-8-20(19)15-24/h5-10,13,17,25H,11-12,14-16H2,1-4H3. The van der Waals surface area contributed by atoms with Crippen LogP contribution in [0.15, 0.2) is 42.5 Å². The third-order valence-corrected chi connectivity index (χ3v) is 5.32. The molecule has 3 heteroatoms. The number of aromatic hydroxyl groups is 1. The summed E-state index contributed by atoms with van der Waals surface area (Å²) in [5.74, 6) is 1.26. The van der Waals surface area contributed by atoms with Gasteiger partial charge in [-0.3, -0.25) is 4.90 Å². The van der Waals surface area contributed by atoms with Gasteiger partial charge in [0.05, 0.1) is 6.61 Å². The van der Waals surface area contributed by atoms with Crippen molar-refractivity contribution in [2.24, 2.45) is 5.92 Å². The first kappa shape index (κ1) is 18.8. The van der Waals surface area contributed by atoms with E-state index in [1.54, 1.807) is 6.07 Å². The number of ether oxygens (including phenoxy) is 1. The van der Waals surface area contributed by atoms with Gasteiger partial charge in [0.25, 0.3) is 0 Å². The molecule has 0 unspecified atom stereocenters. The van der Waals surface area contributed by atoms with Crippen LogP contribution in [0.3, 0.4) is 0 Å². The molecule has 3 rings (SSSR count). The molecule has 0 aromatic heterocycles. The summed E-state index contributed by atoms with van der Waals surface area (Å²) in [6.07, 6.45) is 2.04. The summed E-state index contributed by atoms with van der Waals surface area (Å²) in [6.45, 7) is 11.6. The summed E-state index contributed by atoms with van der Waals surface area (Å²) in [4.78, 5) is 2.56. The van der Waals surface area contributed by atoms with E-state index in [0.717, 1.165) is 25.9 Å². The molecule has 0 saturated heterocycles. The molecule has 0 bridgehead atoms. The van der Waals surface area contributed by atoms with Gasteiger partial charge in [-0.2, -0.15) is 0 Å². The van der Waals surface area contributed by atoms with Gasteiger partial charge in [0.1, 0.15) is 0 Å². The van der Waals surface area contributed by atoms with Crippen LogP contribution in [-0.4, -0.2) is 22.2 Å². The molecule has 0 spiro atoms. The molecule has 0 atom stereocenters. The van der Waals surface area contributed by atoms with Crippen molar-refractivity contribution in [2.75, 3.05) is 6.61 Å². The molecule has 140 valence electrons. The van der Waals surface area contributed by atoms with E-state index < -0.39 is 0 Å². The summed E-state index contributed by atoms with van der Waals surface area (Å²) >= 11 is 0. The lowest BCUT2D eigenvalue weighted by molar-refractivity contribution is 0.109. The van der Waals surface area contributed by atoms with Gasteiger partial charge in [0.2, 0.25) is 0 Å². The van der Waals surface area contributed by atoms with Crippen LogP contribution < -0.4 is 4.74 Å². The van der Waals surface area contributed by atoms with Gasteiger partial charge < -0.3 is 9.84 Å². The van der Waals surface area contributed by atoms with Crippen molar-refractivity contribution in [3.8, 4) is 11.5 Å². The lowest BCUT2D eigenvalue weighted by Crippen LogP contribution is -2.40. The molecule has 0 aliphatic carbocycles. The zero-order valence-electron chi connectivity index (χ0n) is 16.5. The van der Waals surface area contributed by atoms with Crippen LogP contribution in [-0.2, 0) is 19.5 Å². The predicted molar refractivity (Wildman–Crippen MR) is 107 cm³/mol. The topological polar surface area (TPSA) is 32.7 Å². The smallest absolute Gasteiger partial charge is 0.161 e. The summed E-state index contributed by atoms with van der Waals surface area (Å²) in [6, 6.07) is 14.5. The van der Waals surface area contributed by atoms with Crippen molar-refractivity contribution in [1.29, 1.82) is 0 Å². The van der Waals surface area contributed by atoms with E-state index in [0.29, 0.717) is 18.3 Å². The number of phenolic OH excluding ortho intramolecular Hbond substituents is 1. The van der Waals surface area contributed by atoms with Crippen molar-refractivity contribution in [3.05, 3.63) is 59.2 Å². The van der Waals surface area contributed by atoms with Crippen LogP contribution in [0.5, 0.6) is 11.5 Å². The van der Waals surface area contributed by atoms with Crippen LogP contribution >= 0.6 is 0 Å². The summed E-state index contributed by atoms with van der Waals surface area (Å²) in [5, 5.41) is 10.0. The summed E-state index contributed by atoms with van der Waals surface area (Å²) in [7, 11) is 0. The molecule has 2 aromatic rings. The summed E-state index contributed by atoms with van der Waals surface area (Å²) in [5.41, 5.74) is 4.24. The Bertz CT molecular complexity index is 727. The van der Waals surface area contributed by atoms with Crippen LogP contribution in [0.25, 0.3) is 0 Å². The Balaban J connectivity index is 1.62. The first-order chi connectivity index (χ1) is 12.3. The number of aryl methyl sites for hydroxylation is 1. The highest BCUT2D eigenvalue weighted by molar-refractivity contribution is 5.42. The Kier molecular flexibility index (Phi) is 5.57. The molecule has 3 nitrogen and oxygen atoms in total. The van der Waals surface area contributed by atoms with E-state index in [1.807, 2.05) is 12.1 Å². The van der Waals surface area contributed by atoms with Crippen LogP contribution in [0, 0.1) is 5.92 Å². The van der Waals surface area contributed by atoms with Crippen LogP contribution in [0.4, 0.5) is 0 Å². The maximum atomic E-state index is 10.0. The second-order valence-electron chi connectivity index (χ2n) is 8.44. The minimum Gasteiger partial charge on any atom is -0.504 e. The molecule has 0 saturated carbocycles. The zero-order chi connectivity index (χ0) is 18.7. The first-order valence-electron chi connectivity index (χ1n) is 9.62. The molecule has 1 aliphatic heterocycles. The fourth-order valence-electron chi connectivity index (χ4n) is 3.46. The van der Waals surface area contributed by atoms with E-state index in [4.69, 9.17) is 4.74 Å². The lowest BCUT2D eigenvalue weighted by Gasteiger charge is -2.35. The molecule has 0 amide bonds. The van der Waals surface area contributed by atoms with Crippen LogP contribution in [0.2, 0.25) is 0 Å². The van der Waals surface area contributed by atoms with Crippen molar-refractivity contribution < 1.29 is 9.84 Å². The van der Waals surface area contributed by atoms with Gasteiger partial charge in [0, 0.05) is 18.6 Å². The third-order valence-electron chi connectivity index (χ3n) is 5.32. The maximum Gasteiger partial charge on any atom is 0.161 e. The van der Waals surface area contributed by atoms with Crippen molar-refractivity contribution in [3.63, 3.8) is 0 Å². The fourth-order valence-corrected chi connectivity index (χ4v) is 3.46. The predicted octanol–water partition coefficient (Wildman–Crippen LogP) is 5.15. The van der Waals surface area contributed by atoms with Crippen molar-refractivity contribution in [2.45, 2.75) is 59.2 Å². The van der Waals surface area contributed by atoms with Crippen LogP contribution in [0.1, 0.15) is 50.8 Å². The van der Waals surface area contributed by atoms with Gasteiger partial charge in [-0.25, -0.2) is 0 Å². The molecule has 0 radical (unpaired) electrons. The Labute approximate surface area is 157 Å². The molecule has 1 N–H and O–H groups in total. The largest absolute Gasteiger partial charge is 0.504 e. The average Bonchev–Trinajstić information content (AvgIpc) is 3.05. The lowest BCUT2D eigenvalue weighted by atomic mass is 9.93. The van der Waals surface area contributed by atoms with Gasteiger partial charge in [0.15, 0.2) is 11.5 Å². The normalized spacial score (nSPS) is 14.7. The highest BCUT2D eigenvalue weighted by Gasteiger charge is 2.31. The van der Waals surface area contributed by atoms with E-state index in [1.165, 1.54) is 16.7 Å². The molecule has 2 aromatic carbocycles. The van der Waals surface area contributed by atoms with Gasteiger partial charge in [-0.1, -0.05) is 44.2 Å². The second kappa shape index (κ2) is 7.71. The number of fused-ring (bicyclic) bond motifs is 1. The summed E-state index contributed by atoms with van der Waals surface area (Å²) < 4.78 is 5.75. The minimum absolute atomic E-state index is 0.121. The molecular formula is C23H31NO2. The maximum absolute atomic E-state index is 10.0. The number of benzene rings is 2. The number of nitrogens with zero attached hydrogens (tertiary/aromatic N) is 1. The van der Waals surface area contributed by atoms with Crippen molar-refractivity contribution in [1.82, 2.24) is 4.90 Å². The van der Waals surface area contributed by atoms with E-state index in [2.05, 4.69) is 56.9 Å². The first-order valence-corrected chi connectivity index (χ1v) is 9.62. The molecule has 1 heterocycles. The fraction of sp³-hybridized carbons (Fsp3) is 0.478. The Morgan fingerprint density at radius 2 is 1.73 bits per heavy atom. The van der Waals surface area contributed by atoms with E-state index in [9.17, 15) is 5.11 Å². The molecular weight excluding hydrogens is 322 g/mol. The molecule has 0 fully saturated rings. The number of hydrogen-bond donors (Lipinski definition) is 1. The third kappa shape index (κ3) is 4.39. The highest BCUT2D eigenvalue weighted by atomic mass is 16.5. The molecule has 26 heavy (non-hydrogen) atoms. The van der Waals surface area contributed by atoms with E-state index >= 15 is 0 Å². The molecule has 1 aliphatic rings. The Morgan fingerprint density at radius 1 is 1.08 bits per heavy atom. The number of hydrogen-bond acceptors (Lipinski definition) is 3. The second-order valence-corrected chi connectivity index (χ2v) is 8.44. The minimum atomic E-state index is 0.121. The van der Waals surface area contributed by atoms with Gasteiger partial charge in [-0.15, -0.1) is 0 Å². The van der Waals surface area contributed by atoms with Gasteiger partial charge in [-0.05, 0) is 61.4 Å². The highest BCUT2D eigenvalue weighted by Crippen LogP contribution is 2.33. The monoisotopic (exact) mass is 353 g/mol. The Hall–Kier alpha value is -2.00. The van der Waals surface area contributed by atoms with Crippen molar-refractivity contribution >= 4 is 0 Å². The number of rotatable bonds is 7. The number of phenols is 1. The zero-order valence-corrected chi connectivity index (χ0v) is 16.5. The average molecular weight is 354 g/mol. The Morgan fingerprint density at radius 3 is 2.35 bits per heavy atom. The van der Waals surface area contributed by atoms with Gasteiger partial charge >= 0.3 is 0 Å².